The zero-order valence-electron chi connectivity index (χ0n) is 17.2. The summed E-state index contributed by atoms with van der Waals surface area (Å²) in [5.41, 5.74) is 2.73. The molecular formula is C22H26N4O4. The third kappa shape index (κ3) is 5.73. The first-order chi connectivity index (χ1) is 14.6. The van der Waals surface area contributed by atoms with Crippen LogP contribution in [0.25, 0.3) is 11.0 Å². The number of aryl methyl sites for hydroxylation is 1. The van der Waals surface area contributed by atoms with Gasteiger partial charge in [-0.05, 0) is 36.8 Å². The van der Waals surface area contributed by atoms with Crippen LogP contribution in [0.2, 0.25) is 0 Å². The number of para-hydroxylation sites is 2. The van der Waals surface area contributed by atoms with E-state index in [9.17, 15) is 9.59 Å². The number of hydrogen-bond donors (Lipinski definition) is 3. The predicted octanol–water partition coefficient (Wildman–Crippen LogP) is 2.34. The lowest BCUT2D eigenvalue weighted by Crippen LogP contribution is -2.28. The van der Waals surface area contributed by atoms with Gasteiger partial charge in [-0.2, -0.15) is 0 Å². The van der Waals surface area contributed by atoms with Crippen LogP contribution in [0.3, 0.4) is 0 Å². The number of hydrogen-bond acceptors (Lipinski definition) is 5. The van der Waals surface area contributed by atoms with Gasteiger partial charge in [0.05, 0.1) is 18.1 Å². The first-order valence-electron chi connectivity index (χ1n) is 9.85. The van der Waals surface area contributed by atoms with E-state index in [1.807, 2.05) is 37.3 Å². The third-order valence-corrected chi connectivity index (χ3v) is 4.48. The van der Waals surface area contributed by atoms with Crippen LogP contribution in [0.5, 0.6) is 11.5 Å². The van der Waals surface area contributed by atoms with Crippen LogP contribution >= 0.6 is 0 Å². The molecule has 1 aromatic heterocycles. The van der Waals surface area contributed by atoms with Gasteiger partial charge in [0.25, 0.3) is 5.91 Å². The van der Waals surface area contributed by atoms with Crippen molar-refractivity contribution < 1.29 is 19.1 Å². The Bertz CT molecular complexity index is 982. The molecule has 3 N–H and O–H groups in total. The summed E-state index contributed by atoms with van der Waals surface area (Å²) in [4.78, 5) is 31.5. The van der Waals surface area contributed by atoms with Crippen molar-refractivity contribution in [2.45, 2.75) is 26.3 Å². The second-order valence-corrected chi connectivity index (χ2v) is 6.70. The van der Waals surface area contributed by atoms with E-state index in [0.29, 0.717) is 37.4 Å². The number of rotatable bonds is 10. The SMILES string of the molecule is CCNC(=O)COc1ccc(CNC(=O)CCc2nc3ccccc3[nH]2)cc1OC. The van der Waals surface area contributed by atoms with Crippen molar-refractivity contribution in [1.82, 2.24) is 20.6 Å². The summed E-state index contributed by atoms with van der Waals surface area (Å²) in [6, 6.07) is 13.1. The Morgan fingerprint density at radius 3 is 2.67 bits per heavy atom. The molecule has 0 spiro atoms. The number of amides is 2. The fourth-order valence-corrected chi connectivity index (χ4v) is 2.98. The Morgan fingerprint density at radius 2 is 1.90 bits per heavy atom. The summed E-state index contributed by atoms with van der Waals surface area (Å²) >= 11 is 0. The maximum atomic E-state index is 12.2. The summed E-state index contributed by atoms with van der Waals surface area (Å²) in [6.45, 7) is 2.68. The van der Waals surface area contributed by atoms with Gasteiger partial charge in [-0.15, -0.1) is 0 Å². The maximum Gasteiger partial charge on any atom is 0.257 e. The summed E-state index contributed by atoms with van der Waals surface area (Å²) in [7, 11) is 1.53. The molecule has 0 saturated carbocycles. The van der Waals surface area contributed by atoms with Crippen LogP contribution in [0.4, 0.5) is 0 Å². The minimum Gasteiger partial charge on any atom is -0.493 e. The molecule has 0 aliphatic rings. The van der Waals surface area contributed by atoms with E-state index in [1.165, 1.54) is 7.11 Å². The molecule has 8 nitrogen and oxygen atoms in total. The lowest BCUT2D eigenvalue weighted by molar-refractivity contribution is -0.123. The summed E-state index contributed by atoms with van der Waals surface area (Å²) < 4.78 is 10.8. The number of H-pyrrole nitrogens is 1. The Morgan fingerprint density at radius 1 is 1.07 bits per heavy atom. The molecule has 0 radical (unpaired) electrons. The number of benzene rings is 2. The molecule has 0 bridgehead atoms. The second-order valence-electron chi connectivity index (χ2n) is 6.70. The maximum absolute atomic E-state index is 12.2. The second kappa shape index (κ2) is 10.3. The number of carbonyl (C=O) groups is 2. The van der Waals surface area contributed by atoms with E-state index in [-0.39, 0.29) is 18.4 Å². The van der Waals surface area contributed by atoms with Crippen LogP contribution in [-0.2, 0) is 22.6 Å². The van der Waals surface area contributed by atoms with E-state index in [4.69, 9.17) is 9.47 Å². The van der Waals surface area contributed by atoms with E-state index < -0.39 is 0 Å². The van der Waals surface area contributed by atoms with Crippen molar-refractivity contribution in [3.8, 4) is 11.5 Å². The number of methoxy groups -OCH3 is 1. The van der Waals surface area contributed by atoms with E-state index >= 15 is 0 Å². The molecular weight excluding hydrogens is 384 g/mol. The van der Waals surface area contributed by atoms with Gasteiger partial charge in [-0.1, -0.05) is 18.2 Å². The average molecular weight is 410 g/mol. The zero-order chi connectivity index (χ0) is 21.3. The normalized spacial score (nSPS) is 10.6. The number of aromatic amines is 1. The molecule has 0 unspecified atom stereocenters. The van der Waals surface area contributed by atoms with Gasteiger partial charge in [-0.3, -0.25) is 9.59 Å². The summed E-state index contributed by atoms with van der Waals surface area (Å²) in [5, 5.41) is 5.57. The van der Waals surface area contributed by atoms with Crippen LogP contribution < -0.4 is 20.1 Å². The highest BCUT2D eigenvalue weighted by Gasteiger charge is 2.10. The standard InChI is InChI=1S/C22H26N4O4/c1-3-23-22(28)14-30-18-9-8-15(12-19(18)29-2)13-24-21(27)11-10-20-25-16-6-4-5-7-17(16)26-20/h4-9,12H,3,10-11,13-14H2,1-2H3,(H,23,28)(H,24,27)(H,25,26). The molecule has 2 amide bonds. The minimum atomic E-state index is -0.194. The Hall–Kier alpha value is -3.55. The molecule has 8 heteroatoms. The van der Waals surface area contributed by atoms with Crippen molar-refractivity contribution in [3.05, 3.63) is 53.9 Å². The fourth-order valence-electron chi connectivity index (χ4n) is 2.98. The highest BCUT2D eigenvalue weighted by atomic mass is 16.5. The highest BCUT2D eigenvalue weighted by Crippen LogP contribution is 2.28. The number of likely N-dealkylation sites (N-methyl/N-ethyl adjacent to an activating group) is 1. The van der Waals surface area contributed by atoms with Gasteiger partial charge in [0.2, 0.25) is 5.91 Å². The van der Waals surface area contributed by atoms with Crippen molar-refractivity contribution in [2.75, 3.05) is 20.3 Å². The van der Waals surface area contributed by atoms with E-state index in [2.05, 4.69) is 20.6 Å². The van der Waals surface area contributed by atoms with Crippen molar-refractivity contribution in [1.29, 1.82) is 0 Å². The molecule has 0 aliphatic heterocycles. The summed E-state index contributed by atoms with van der Waals surface area (Å²) in [6.07, 6.45) is 0.876. The Balaban J connectivity index is 1.49. The van der Waals surface area contributed by atoms with Gasteiger partial charge in [-0.25, -0.2) is 4.98 Å². The molecule has 3 aromatic rings. The van der Waals surface area contributed by atoms with E-state index in [1.54, 1.807) is 12.1 Å². The number of ether oxygens (including phenoxy) is 2. The van der Waals surface area contributed by atoms with Gasteiger partial charge in [0.15, 0.2) is 18.1 Å². The Labute approximate surface area is 175 Å². The molecule has 1 heterocycles. The van der Waals surface area contributed by atoms with Gasteiger partial charge >= 0.3 is 0 Å². The number of fused-ring (bicyclic) bond motifs is 1. The van der Waals surface area contributed by atoms with Gasteiger partial charge in [0.1, 0.15) is 5.82 Å². The highest BCUT2D eigenvalue weighted by molar-refractivity contribution is 5.78. The number of imidazole rings is 1. The predicted molar refractivity (Wildman–Crippen MR) is 113 cm³/mol. The van der Waals surface area contributed by atoms with Crippen molar-refractivity contribution in [2.24, 2.45) is 0 Å². The first-order valence-corrected chi connectivity index (χ1v) is 9.85. The zero-order valence-corrected chi connectivity index (χ0v) is 17.2. The molecule has 158 valence electrons. The monoisotopic (exact) mass is 410 g/mol. The first kappa shape index (κ1) is 21.2. The Kier molecular flexibility index (Phi) is 7.26. The largest absolute Gasteiger partial charge is 0.493 e. The molecule has 0 saturated heterocycles. The average Bonchev–Trinajstić information content (AvgIpc) is 3.18. The number of carbonyl (C=O) groups excluding carboxylic acids is 2. The molecule has 30 heavy (non-hydrogen) atoms. The quantitative estimate of drug-likeness (QED) is 0.476. The molecule has 3 rings (SSSR count). The lowest BCUT2D eigenvalue weighted by Gasteiger charge is -2.12. The van der Waals surface area contributed by atoms with Gasteiger partial charge < -0.3 is 25.1 Å². The summed E-state index contributed by atoms with van der Waals surface area (Å²) in [5.74, 6) is 1.52. The third-order valence-electron chi connectivity index (χ3n) is 4.48. The minimum absolute atomic E-state index is 0.0639. The van der Waals surface area contributed by atoms with Crippen molar-refractivity contribution >= 4 is 22.8 Å². The molecule has 2 aromatic carbocycles. The number of nitrogens with one attached hydrogen (secondary N) is 3. The number of nitrogens with zero attached hydrogens (tertiary/aromatic N) is 1. The molecule has 0 atom stereocenters. The van der Waals surface area contributed by atoms with E-state index in [0.717, 1.165) is 22.4 Å². The smallest absolute Gasteiger partial charge is 0.257 e. The van der Waals surface area contributed by atoms with Crippen LogP contribution in [0.1, 0.15) is 24.7 Å². The molecule has 0 fully saturated rings. The topological polar surface area (TPSA) is 105 Å². The molecule has 0 aliphatic carbocycles. The van der Waals surface area contributed by atoms with Crippen LogP contribution in [-0.4, -0.2) is 42.0 Å². The van der Waals surface area contributed by atoms with Gasteiger partial charge in [0, 0.05) is 25.9 Å². The number of aromatic nitrogens is 2. The van der Waals surface area contributed by atoms with Crippen LogP contribution in [0, 0.1) is 0 Å². The van der Waals surface area contributed by atoms with Crippen LogP contribution in [0.15, 0.2) is 42.5 Å². The lowest BCUT2D eigenvalue weighted by atomic mass is 10.2. The fraction of sp³-hybridized carbons (Fsp3) is 0.318. The van der Waals surface area contributed by atoms with Crippen molar-refractivity contribution in [3.63, 3.8) is 0 Å².